The summed E-state index contributed by atoms with van der Waals surface area (Å²) in [5.74, 6) is 0. The zero-order valence-electron chi connectivity index (χ0n) is 13.9. The molecule has 2 atom stereocenters. The van der Waals surface area contributed by atoms with Crippen molar-refractivity contribution in [1.82, 2.24) is 5.32 Å². The van der Waals surface area contributed by atoms with Crippen molar-refractivity contribution in [2.24, 2.45) is 0 Å². The summed E-state index contributed by atoms with van der Waals surface area (Å²) in [5.41, 5.74) is 1.84. The highest BCUT2D eigenvalue weighted by Crippen LogP contribution is 2.36. The van der Waals surface area contributed by atoms with Crippen LogP contribution in [0.25, 0.3) is 0 Å². The van der Waals surface area contributed by atoms with Crippen molar-refractivity contribution in [3.63, 3.8) is 0 Å². The van der Waals surface area contributed by atoms with E-state index in [4.69, 9.17) is 9.31 Å². The number of piperazine rings is 1. The van der Waals surface area contributed by atoms with E-state index < -0.39 is 0 Å². The zero-order chi connectivity index (χ0) is 15.5. The SMILES string of the molecule is CC1(C)OB(c2ccc(N3CC4CC(C3)N4)cc2)OC1(C)C. The minimum Gasteiger partial charge on any atom is -0.399 e. The van der Waals surface area contributed by atoms with Gasteiger partial charge in [-0.2, -0.15) is 0 Å². The Bertz CT molecular complexity index is 541. The van der Waals surface area contributed by atoms with Gasteiger partial charge in [-0.05, 0) is 51.7 Å². The van der Waals surface area contributed by atoms with Gasteiger partial charge in [-0.3, -0.25) is 0 Å². The number of hydrogen-bond donors (Lipinski definition) is 1. The minimum atomic E-state index is -0.282. The summed E-state index contributed by atoms with van der Waals surface area (Å²) in [6.45, 7) is 10.6. The van der Waals surface area contributed by atoms with E-state index in [0.717, 1.165) is 18.6 Å². The monoisotopic (exact) mass is 300 g/mol. The van der Waals surface area contributed by atoms with Crippen molar-refractivity contribution >= 4 is 18.3 Å². The average Bonchev–Trinajstić information content (AvgIpc) is 2.67. The third kappa shape index (κ3) is 2.27. The van der Waals surface area contributed by atoms with Gasteiger partial charge in [0.25, 0.3) is 0 Å². The molecule has 2 bridgehead atoms. The summed E-state index contributed by atoms with van der Waals surface area (Å²) < 4.78 is 12.2. The molecule has 4 heterocycles. The average molecular weight is 300 g/mol. The molecule has 118 valence electrons. The maximum absolute atomic E-state index is 6.11. The first-order valence-corrected chi connectivity index (χ1v) is 8.31. The number of rotatable bonds is 2. The van der Waals surface area contributed by atoms with Gasteiger partial charge < -0.3 is 19.5 Å². The molecule has 0 aliphatic carbocycles. The van der Waals surface area contributed by atoms with Gasteiger partial charge in [0.1, 0.15) is 0 Å². The lowest BCUT2D eigenvalue weighted by molar-refractivity contribution is 0.00578. The molecular formula is C17H25BN2O2. The van der Waals surface area contributed by atoms with E-state index in [2.05, 4.69) is 62.2 Å². The van der Waals surface area contributed by atoms with Crippen LogP contribution in [0.3, 0.4) is 0 Å². The van der Waals surface area contributed by atoms with Crippen molar-refractivity contribution in [2.45, 2.75) is 57.4 Å². The van der Waals surface area contributed by atoms with Crippen LogP contribution in [0.5, 0.6) is 0 Å². The Balaban J connectivity index is 1.48. The molecule has 1 aromatic rings. The zero-order valence-corrected chi connectivity index (χ0v) is 13.9. The number of hydrogen-bond acceptors (Lipinski definition) is 4. The highest BCUT2D eigenvalue weighted by Gasteiger charge is 2.51. The maximum atomic E-state index is 6.11. The molecular weight excluding hydrogens is 275 g/mol. The van der Waals surface area contributed by atoms with E-state index in [1.807, 2.05) is 0 Å². The van der Waals surface area contributed by atoms with Crippen LogP contribution in [0.1, 0.15) is 34.1 Å². The topological polar surface area (TPSA) is 33.7 Å². The van der Waals surface area contributed by atoms with Crippen LogP contribution >= 0.6 is 0 Å². The van der Waals surface area contributed by atoms with Crippen LogP contribution in [0.4, 0.5) is 5.69 Å². The largest absolute Gasteiger partial charge is 0.494 e. The normalized spacial score (nSPS) is 32.0. The summed E-state index contributed by atoms with van der Waals surface area (Å²) in [7, 11) is -0.268. The van der Waals surface area contributed by atoms with Crippen LogP contribution in [0.2, 0.25) is 0 Å². The summed E-state index contributed by atoms with van der Waals surface area (Å²) in [6, 6.07) is 10.1. The van der Waals surface area contributed by atoms with Crippen LogP contribution in [0.15, 0.2) is 24.3 Å². The molecule has 1 N–H and O–H groups in total. The molecule has 0 saturated carbocycles. The minimum absolute atomic E-state index is 0.268. The van der Waals surface area contributed by atoms with Gasteiger partial charge in [-0.1, -0.05) is 12.1 Å². The van der Waals surface area contributed by atoms with Gasteiger partial charge in [-0.25, -0.2) is 0 Å². The van der Waals surface area contributed by atoms with Crippen molar-refractivity contribution in [3.05, 3.63) is 24.3 Å². The summed E-state index contributed by atoms with van der Waals surface area (Å²) >= 11 is 0. The number of piperidine rings is 1. The Morgan fingerprint density at radius 3 is 2.00 bits per heavy atom. The molecule has 5 heteroatoms. The Labute approximate surface area is 133 Å². The van der Waals surface area contributed by atoms with Crippen molar-refractivity contribution in [1.29, 1.82) is 0 Å². The number of fused-ring (bicyclic) bond motifs is 2. The molecule has 22 heavy (non-hydrogen) atoms. The maximum Gasteiger partial charge on any atom is 0.494 e. The van der Waals surface area contributed by atoms with Crippen molar-refractivity contribution in [2.75, 3.05) is 18.0 Å². The third-order valence-corrected chi connectivity index (χ3v) is 5.71. The fraction of sp³-hybridized carbons (Fsp3) is 0.647. The second-order valence-corrected chi connectivity index (χ2v) is 7.88. The quantitative estimate of drug-likeness (QED) is 0.840. The molecule has 4 nitrogen and oxygen atoms in total. The number of benzene rings is 1. The molecule has 1 aromatic carbocycles. The fourth-order valence-corrected chi connectivity index (χ4v) is 3.55. The molecule has 0 aromatic heterocycles. The van der Waals surface area contributed by atoms with E-state index in [1.165, 1.54) is 12.1 Å². The van der Waals surface area contributed by atoms with E-state index in [0.29, 0.717) is 12.1 Å². The van der Waals surface area contributed by atoms with Gasteiger partial charge in [-0.15, -0.1) is 0 Å². The van der Waals surface area contributed by atoms with Gasteiger partial charge >= 0.3 is 7.12 Å². The van der Waals surface area contributed by atoms with Gasteiger partial charge in [0.15, 0.2) is 0 Å². The Kier molecular flexibility index (Phi) is 3.13. The molecule has 4 fully saturated rings. The lowest BCUT2D eigenvalue weighted by Gasteiger charge is -2.49. The fourth-order valence-electron chi connectivity index (χ4n) is 3.55. The Morgan fingerprint density at radius 2 is 1.50 bits per heavy atom. The molecule has 2 unspecified atom stereocenters. The summed E-state index contributed by atoms with van der Waals surface area (Å²) in [5, 5.41) is 3.57. The third-order valence-electron chi connectivity index (χ3n) is 5.71. The van der Waals surface area contributed by atoms with Crippen molar-refractivity contribution < 1.29 is 9.31 Å². The predicted octanol–water partition coefficient (Wildman–Crippen LogP) is 1.54. The second-order valence-electron chi connectivity index (χ2n) is 7.88. The van der Waals surface area contributed by atoms with Gasteiger partial charge in [0, 0.05) is 30.9 Å². The number of nitrogens with one attached hydrogen (secondary N) is 1. The standard InChI is InChI=1S/C17H25BN2O2/c1-16(2)17(3,4)22-18(21-16)12-5-7-15(8-6-12)20-10-13-9-14(11-20)19-13/h5-8,13-14,19H,9-11H2,1-4H3. The molecule has 0 spiro atoms. The lowest BCUT2D eigenvalue weighted by Crippen LogP contribution is -2.67. The number of nitrogens with zero attached hydrogens (tertiary/aromatic N) is 1. The van der Waals surface area contributed by atoms with E-state index in [1.54, 1.807) is 0 Å². The van der Waals surface area contributed by atoms with E-state index in [9.17, 15) is 0 Å². The van der Waals surface area contributed by atoms with Gasteiger partial charge in [0.05, 0.1) is 11.2 Å². The molecule has 4 saturated heterocycles. The molecule has 5 rings (SSSR count). The highest BCUT2D eigenvalue weighted by molar-refractivity contribution is 6.62. The Morgan fingerprint density at radius 1 is 1.00 bits per heavy atom. The van der Waals surface area contributed by atoms with Gasteiger partial charge in [0.2, 0.25) is 0 Å². The Hall–Kier alpha value is -1.04. The first kappa shape index (κ1) is 14.6. The lowest BCUT2D eigenvalue weighted by atomic mass is 9.79. The molecule has 0 amide bonds. The molecule has 0 radical (unpaired) electrons. The summed E-state index contributed by atoms with van der Waals surface area (Å²) in [6.07, 6.45) is 1.34. The van der Waals surface area contributed by atoms with Crippen LogP contribution in [-0.4, -0.2) is 43.5 Å². The van der Waals surface area contributed by atoms with E-state index >= 15 is 0 Å². The van der Waals surface area contributed by atoms with E-state index in [-0.39, 0.29) is 18.3 Å². The predicted molar refractivity (Wildman–Crippen MR) is 89.7 cm³/mol. The smallest absolute Gasteiger partial charge is 0.399 e. The highest BCUT2D eigenvalue weighted by atomic mass is 16.7. The first-order chi connectivity index (χ1) is 10.3. The second kappa shape index (κ2) is 4.73. The van der Waals surface area contributed by atoms with Crippen LogP contribution < -0.4 is 15.7 Å². The molecule has 4 aliphatic rings. The summed E-state index contributed by atoms with van der Waals surface area (Å²) in [4.78, 5) is 2.48. The van der Waals surface area contributed by atoms with Crippen LogP contribution in [0, 0.1) is 0 Å². The van der Waals surface area contributed by atoms with Crippen molar-refractivity contribution in [3.8, 4) is 0 Å². The number of anilines is 1. The molecule has 4 aliphatic heterocycles. The first-order valence-electron chi connectivity index (χ1n) is 8.31. The van der Waals surface area contributed by atoms with Crippen LogP contribution in [-0.2, 0) is 9.31 Å².